The van der Waals surface area contributed by atoms with Crippen LogP contribution in [-0.4, -0.2) is 45.9 Å². The molecule has 29 heavy (non-hydrogen) atoms. The predicted octanol–water partition coefficient (Wildman–Crippen LogP) is 2.87. The van der Waals surface area contributed by atoms with E-state index >= 15 is 0 Å². The van der Waals surface area contributed by atoms with Gasteiger partial charge in [0.15, 0.2) is 0 Å². The van der Waals surface area contributed by atoms with Crippen molar-refractivity contribution in [3.63, 3.8) is 0 Å². The summed E-state index contributed by atoms with van der Waals surface area (Å²) in [5.41, 5.74) is 5.76. The molecule has 2 aromatic rings. The molecule has 1 aromatic heterocycles. The van der Waals surface area contributed by atoms with Gasteiger partial charge in [0.05, 0.1) is 6.61 Å². The van der Waals surface area contributed by atoms with Gasteiger partial charge >= 0.3 is 11.9 Å². The molecule has 160 valence electrons. The topological polar surface area (TPSA) is 115 Å². The van der Waals surface area contributed by atoms with E-state index in [1.807, 2.05) is 52.0 Å². The molecular formula is C22H32N2O5. The Labute approximate surface area is 171 Å². The van der Waals surface area contributed by atoms with Crippen molar-refractivity contribution < 1.29 is 24.2 Å². The number of aromatic amines is 1. The lowest BCUT2D eigenvalue weighted by molar-refractivity contribution is -0.171. The highest BCUT2D eigenvalue weighted by Crippen LogP contribution is 2.32. The summed E-state index contributed by atoms with van der Waals surface area (Å²) in [6.07, 6.45) is 1.67. The molecule has 0 aliphatic heterocycles. The van der Waals surface area contributed by atoms with Crippen molar-refractivity contribution in [1.82, 2.24) is 4.98 Å². The van der Waals surface area contributed by atoms with E-state index in [2.05, 4.69) is 4.98 Å². The van der Waals surface area contributed by atoms with Crippen LogP contribution in [0.5, 0.6) is 0 Å². The normalized spacial score (nSPS) is 14.7. The van der Waals surface area contributed by atoms with Crippen LogP contribution >= 0.6 is 0 Å². The van der Waals surface area contributed by atoms with Crippen molar-refractivity contribution in [2.75, 3.05) is 6.61 Å². The summed E-state index contributed by atoms with van der Waals surface area (Å²) in [5.74, 6) is -2.38. The molecule has 2 atom stereocenters. The fourth-order valence-corrected chi connectivity index (χ4v) is 2.77. The number of nitrogens with one attached hydrogen (secondary N) is 1. The Morgan fingerprint density at radius 2 is 1.72 bits per heavy atom. The molecule has 2 unspecified atom stereocenters. The van der Waals surface area contributed by atoms with E-state index in [1.165, 1.54) is 0 Å². The second kappa shape index (κ2) is 8.55. The summed E-state index contributed by atoms with van der Waals surface area (Å²) in [5, 5.41) is 10.2. The molecule has 7 nitrogen and oxygen atoms in total. The molecule has 0 aliphatic rings. The first-order valence-corrected chi connectivity index (χ1v) is 9.78. The van der Waals surface area contributed by atoms with Crippen LogP contribution in [-0.2, 0) is 19.1 Å². The van der Waals surface area contributed by atoms with Gasteiger partial charge in [-0.15, -0.1) is 0 Å². The lowest BCUT2D eigenvalue weighted by Gasteiger charge is -2.33. The molecule has 2 rings (SSSR count). The van der Waals surface area contributed by atoms with Gasteiger partial charge in [0.1, 0.15) is 23.2 Å². The van der Waals surface area contributed by atoms with Crippen molar-refractivity contribution in [3.05, 3.63) is 36.0 Å². The van der Waals surface area contributed by atoms with Crippen LogP contribution in [0.4, 0.5) is 0 Å². The number of aliphatic hydroxyl groups excluding tert-OH is 1. The van der Waals surface area contributed by atoms with Crippen LogP contribution in [0, 0.1) is 5.92 Å². The molecule has 1 heterocycles. The third-order valence-electron chi connectivity index (χ3n) is 5.35. The number of fused-ring (bicyclic) bond motifs is 1. The Balaban J connectivity index is 2.45. The Bertz CT molecular complexity index is 869. The van der Waals surface area contributed by atoms with Gasteiger partial charge in [-0.05, 0) is 45.2 Å². The lowest BCUT2D eigenvalue weighted by atomic mass is 9.90. The minimum absolute atomic E-state index is 0.0616. The summed E-state index contributed by atoms with van der Waals surface area (Å²) in [7, 11) is 0. The average Bonchev–Trinajstić information content (AvgIpc) is 3.05. The first-order valence-electron chi connectivity index (χ1n) is 9.78. The molecule has 7 heteroatoms. The number of aromatic nitrogens is 1. The molecule has 0 fully saturated rings. The van der Waals surface area contributed by atoms with E-state index in [-0.39, 0.29) is 12.5 Å². The Hall–Kier alpha value is -2.38. The molecule has 0 saturated heterocycles. The van der Waals surface area contributed by atoms with Crippen molar-refractivity contribution >= 4 is 22.8 Å². The average molecular weight is 405 g/mol. The largest absolute Gasteiger partial charge is 0.459 e. The smallest absolute Gasteiger partial charge is 0.324 e. The van der Waals surface area contributed by atoms with E-state index in [9.17, 15) is 14.7 Å². The standard InChI is InChI=1S/C22H32N2O5/c1-13(2)22(5,6)29-19(26)17(18(23)20(27)28-21(3,4)12-25)15-11-24-16-10-8-7-9-14(15)16/h7-11,13,17-18,24-25H,12,23H2,1-6H3. The maximum Gasteiger partial charge on any atom is 0.324 e. The van der Waals surface area contributed by atoms with E-state index in [0.717, 1.165) is 10.9 Å². The van der Waals surface area contributed by atoms with Crippen LogP contribution < -0.4 is 5.73 Å². The number of benzene rings is 1. The number of esters is 2. The van der Waals surface area contributed by atoms with Crippen LogP contribution in [0.3, 0.4) is 0 Å². The van der Waals surface area contributed by atoms with Crippen LogP contribution in [0.1, 0.15) is 53.0 Å². The third kappa shape index (κ3) is 5.16. The summed E-state index contributed by atoms with van der Waals surface area (Å²) in [6.45, 7) is 10.3. The monoisotopic (exact) mass is 404 g/mol. The summed E-state index contributed by atoms with van der Waals surface area (Å²) >= 11 is 0. The highest BCUT2D eigenvalue weighted by Gasteiger charge is 2.40. The molecule has 0 bridgehead atoms. The predicted molar refractivity (Wildman–Crippen MR) is 111 cm³/mol. The lowest BCUT2D eigenvalue weighted by Crippen LogP contribution is -2.47. The Morgan fingerprint density at radius 1 is 1.10 bits per heavy atom. The molecule has 0 saturated carbocycles. The van der Waals surface area contributed by atoms with Crippen LogP contribution in [0.25, 0.3) is 10.9 Å². The first-order chi connectivity index (χ1) is 13.4. The van der Waals surface area contributed by atoms with Gasteiger partial charge in [0.2, 0.25) is 0 Å². The third-order valence-corrected chi connectivity index (χ3v) is 5.35. The summed E-state index contributed by atoms with van der Waals surface area (Å²) in [6, 6.07) is 6.15. The van der Waals surface area contributed by atoms with Gasteiger partial charge in [0, 0.05) is 17.1 Å². The highest BCUT2D eigenvalue weighted by atomic mass is 16.6. The van der Waals surface area contributed by atoms with E-state index in [4.69, 9.17) is 15.2 Å². The SMILES string of the molecule is CC(C)C(C)(C)OC(=O)C(c1c[nH]c2ccccc12)C(N)C(=O)OC(C)(C)CO. The number of carbonyl (C=O) groups excluding carboxylic acids is 2. The molecule has 1 aromatic carbocycles. The highest BCUT2D eigenvalue weighted by molar-refractivity contribution is 5.94. The zero-order valence-corrected chi connectivity index (χ0v) is 18.0. The first kappa shape index (κ1) is 22.9. The van der Waals surface area contributed by atoms with E-state index < -0.39 is 35.1 Å². The van der Waals surface area contributed by atoms with E-state index in [0.29, 0.717) is 5.56 Å². The number of para-hydroxylation sites is 1. The molecule has 0 amide bonds. The number of nitrogens with two attached hydrogens (primary N) is 1. The number of aliphatic hydroxyl groups is 1. The minimum atomic E-state index is -1.30. The van der Waals surface area contributed by atoms with Crippen LogP contribution in [0.2, 0.25) is 0 Å². The molecule has 0 radical (unpaired) electrons. The van der Waals surface area contributed by atoms with Gasteiger partial charge < -0.3 is 25.3 Å². The zero-order chi connectivity index (χ0) is 22.0. The van der Waals surface area contributed by atoms with Gasteiger partial charge in [-0.2, -0.15) is 0 Å². The minimum Gasteiger partial charge on any atom is -0.459 e. The second-order valence-electron chi connectivity index (χ2n) is 8.81. The van der Waals surface area contributed by atoms with Gasteiger partial charge in [-0.3, -0.25) is 9.59 Å². The van der Waals surface area contributed by atoms with Crippen molar-refractivity contribution in [3.8, 4) is 0 Å². The fourth-order valence-electron chi connectivity index (χ4n) is 2.77. The van der Waals surface area contributed by atoms with Gasteiger partial charge in [-0.1, -0.05) is 32.0 Å². The Kier molecular flexibility index (Phi) is 6.75. The molecule has 0 spiro atoms. The fraction of sp³-hybridized carbons (Fsp3) is 0.545. The van der Waals surface area contributed by atoms with Crippen molar-refractivity contribution in [2.24, 2.45) is 11.7 Å². The van der Waals surface area contributed by atoms with E-state index in [1.54, 1.807) is 20.0 Å². The number of H-pyrrole nitrogens is 1. The maximum atomic E-state index is 13.2. The van der Waals surface area contributed by atoms with Gasteiger partial charge in [-0.25, -0.2) is 0 Å². The zero-order valence-electron chi connectivity index (χ0n) is 18.0. The second-order valence-corrected chi connectivity index (χ2v) is 8.81. The molecular weight excluding hydrogens is 372 g/mol. The van der Waals surface area contributed by atoms with Crippen molar-refractivity contribution in [2.45, 2.75) is 64.7 Å². The number of ether oxygens (including phenoxy) is 2. The number of hydrogen-bond acceptors (Lipinski definition) is 6. The van der Waals surface area contributed by atoms with Gasteiger partial charge in [0.25, 0.3) is 0 Å². The number of rotatable bonds is 8. The van der Waals surface area contributed by atoms with Crippen molar-refractivity contribution in [1.29, 1.82) is 0 Å². The Morgan fingerprint density at radius 3 is 2.31 bits per heavy atom. The summed E-state index contributed by atoms with van der Waals surface area (Å²) in [4.78, 5) is 29.0. The quantitative estimate of drug-likeness (QED) is 0.583. The number of carbonyl (C=O) groups is 2. The molecule has 4 N–H and O–H groups in total. The maximum absolute atomic E-state index is 13.2. The summed E-state index contributed by atoms with van der Waals surface area (Å²) < 4.78 is 11.1. The number of hydrogen-bond donors (Lipinski definition) is 3. The molecule has 0 aliphatic carbocycles. The van der Waals surface area contributed by atoms with Crippen LogP contribution in [0.15, 0.2) is 30.5 Å².